The Kier molecular flexibility index (Phi) is 5.66. The summed E-state index contributed by atoms with van der Waals surface area (Å²) in [5.41, 5.74) is 1.89. The van der Waals surface area contributed by atoms with Crippen LogP contribution in [0.2, 0.25) is 5.02 Å². The summed E-state index contributed by atoms with van der Waals surface area (Å²) < 4.78 is 0. The van der Waals surface area contributed by atoms with E-state index in [0.717, 1.165) is 11.1 Å². The topological polar surface area (TPSA) is 20.3 Å². The van der Waals surface area contributed by atoms with Crippen molar-refractivity contribution >= 4 is 23.6 Å². The Balaban J connectivity index is 2.71. The molecule has 1 aromatic rings. The maximum Gasteiger partial charge on any atom is 0.246 e. The summed E-state index contributed by atoms with van der Waals surface area (Å²) in [4.78, 5) is 13.7. The van der Waals surface area contributed by atoms with E-state index in [0.29, 0.717) is 18.1 Å². The Labute approximate surface area is 114 Å². The number of benzene rings is 1. The third-order valence-electron chi connectivity index (χ3n) is 2.42. The number of likely N-dealkylation sites (N-methyl/N-ethyl adjacent to an activating group) is 1. The van der Waals surface area contributed by atoms with Gasteiger partial charge in [-0.3, -0.25) is 4.79 Å². The van der Waals surface area contributed by atoms with Gasteiger partial charge in [-0.25, -0.2) is 0 Å². The molecule has 0 aliphatic heterocycles. The number of carbonyl (C=O) groups excluding carboxylic acids is 1. The second-order valence-electron chi connectivity index (χ2n) is 4.20. The second-order valence-corrected chi connectivity index (χ2v) is 4.63. The van der Waals surface area contributed by atoms with Gasteiger partial charge in [0.25, 0.3) is 0 Å². The number of halogens is 1. The lowest BCUT2D eigenvalue weighted by Gasteiger charge is -2.18. The van der Waals surface area contributed by atoms with Gasteiger partial charge in [-0.05, 0) is 37.6 Å². The summed E-state index contributed by atoms with van der Waals surface area (Å²) in [5, 5.41) is 0.666. The molecule has 0 atom stereocenters. The number of carbonyl (C=O) groups is 1. The van der Waals surface area contributed by atoms with Gasteiger partial charge in [0.15, 0.2) is 0 Å². The molecule has 18 heavy (non-hydrogen) atoms. The largest absolute Gasteiger partial charge is 0.335 e. The molecule has 0 aromatic heterocycles. The molecule has 1 amide bonds. The molecule has 0 N–H and O–H groups in total. The Hall–Kier alpha value is -1.54. The van der Waals surface area contributed by atoms with Crippen molar-refractivity contribution in [3.63, 3.8) is 0 Å². The van der Waals surface area contributed by atoms with Crippen molar-refractivity contribution in [1.29, 1.82) is 0 Å². The highest BCUT2D eigenvalue weighted by molar-refractivity contribution is 6.30. The fourth-order valence-corrected chi connectivity index (χ4v) is 1.75. The second kappa shape index (κ2) is 7.02. The Morgan fingerprint density at radius 1 is 1.50 bits per heavy atom. The molecule has 0 unspecified atom stereocenters. The number of nitrogens with zero attached hydrogens (tertiary/aromatic N) is 1. The average molecular weight is 264 g/mol. The molecule has 3 heteroatoms. The van der Waals surface area contributed by atoms with Gasteiger partial charge < -0.3 is 4.90 Å². The summed E-state index contributed by atoms with van der Waals surface area (Å²) in [5.74, 6) is -0.0134. The summed E-state index contributed by atoms with van der Waals surface area (Å²) in [6.07, 6.45) is 3.34. The van der Waals surface area contributed by atoms with Crippen molar-refractivity contribution in [2.24, 2.45) is 0 Å². The Morgan fingerprint density at radius 2 is 2.22 bits per heavy atom. The van der Waals surface area contributed by atoms with Crippen LogP contribution in [0.15, 0.2) is 42.5 Å². The predicted molar refractivity (Wildman–Crippen MR) is 77.6 cm³/mol. The fraction of sp³-hybridized carbons (Fsp3) is 0.267. The first kappa shape index (κ1) is 14.5. The Morgan fingerprint density at radius 3 is 2.78 bits per heavy atom. The third kappa shape index (κ3) is 4.76. The number of rotatable bonds is 5. The highest BCUT2D eigenvalue weighted by atomic mass is 35.5. The molecule has 2 nitrogen and oxygen atoms in total. The molecular weight excluding hydrogens is 246 g/mol. The fourth-order valence-electron chi connectivity index (χ4n) is 1.55. The van der Waals surface area contributed by atoms with Crippen LogP contribution in [0.1, 0.15) is 19.4 Å². The van der Waals surface area contributed by atoms with Gasteiger partial charge in [-0.15, -0.1) is 0 Å². The van der Waals surface area contributed by atoms with E-state index in [9.17, 15) is 4.79 Å². The number of hydrogen-bond acceptors (Lipinski definition) is 1. The monoisotopic (exact) mass is 263 g/mol. The van der Waals surface area contributed by atoms with Crippen LogP contribution in [0.5, 0.6) is 0 Å². The van der Waals surface area contributed by atoms with E-state index in [1.165, 1.54) is 0 Å². The molecule has 0 fully saturated rings. The highest BCUT2D eigenvalue weighted by Crippen LogP contribution is 2.12. The molecular formula is C15H18ClNO. The zero-order valence-corrected chi connectivity index (χ0v) is 11.6. The van der Waals surface area contributed by atoms with Crippen LogP contribution in [0.4, 0.5) is 0 Å². The molecule has 0 spiro atoms. The lowest BCUT2D eigenvalue weighted by Crippen LogP contribution is -2.30. The van der Waals surface area contributed by atoms with Crippen LogP contribution in [0.3, 0.4) is 0 Å². The molecule has 0 heterocycles. The van der Waals surface area contributed by atoms with Crippen molar-refractivity contribution in [1.82, 2.24) is 4.90 Å². The molecule has 0 aliphatic carbocycles. The van der Waals surface area contributed by atoms with E-state index >= 15 is 0 Å². The minimum absolute atomic E-state index is 0.0134. The maximum absolute atomic E-state index is 11.9. The van der Waals surface area contributed by atoms with Crippen molar-refractivity contribution in [3.8, 4) is 0 Å². The molecule has 96 valence electrons. The maximum atomic E-state index is 11.9. The van der Waals surface area contributed by atoms with Crippen molar-refractivity contribution in [2.45, 2.75) is 13.8 Å². The SMILES string of the molecule is C=C(C)CN(CC)C(=O)/C=C/c1cccc(Cl)c1. The zero-order chi connectivity index (χ0) is 13.5. The van der Waals surface area contributed by atoms with Gasteiger partial charge in [0.1, 0.15) is 0 Å². The normalized spacial score (nSPS) is 10.6. The molecule has 1 rings (SSSR count). The van der Waals surface area contributed by atoms with E-state index in [4.69, 9.17) is 11.6 Å². The van der Waals surface area contributed by atoms with Crippen molar-refractivity contribution in [2.75, 3.05) is 13.1 Å². The lowest BCUT2D eigenvalue weighted by molar-refractivity contribution is -0.125. The molecule has 0 saturated carbocycles. The van der Waals surface area contributed by atoms with Crippen LogP contribution < -0.4 is 0 Å². The first-order chi connectivity index (χ1) is 8.52. The summed E-state index contributed by atoms with van der Waals surface area (Å²) in [6.45, 7) is 8.95. The van der Waals surface area contributed by atoms with Gasteiger partial charge >= 0.3 is 0 Å². The van der Waals surface area contributed by atoms with Crippen molar-refractivity contribution < 1.29 is 4.79 Å². The van der Waals surface area contributed by atoms with E-state index in [1.807, 2.05) is 32.0 Å². The Bertz CT molecular complexity index is 465. The number of hydrogen-bond donors (Lipinski definition) is 0. The van der Waals surface area contributed by atoms with Crippen LogP contribution >= 0.6 is 11.6 Å². The zero-order valence-electron chi connectivity index (χ0n) is 10.8. The summed E-state index contributed by atoms with van der Waals surface area (Å²) in [7, 11) is 0. The van der Waals surface area contributed by atoms with Crippen LogP contribution in [-0.2, 0) is 4.79 Å². The smallest absolute Gasteiger partial charge is 0.246 e. The van der Waals surface area contributed by atoms with Crippen LogP contribution in [0.25, 0.3) is 6.08 Å². The minimum atomic E-state index is -0.0134. The van der Waals surface area contributed by atoms with Gasteiger partial charge in [-0.2, -0.15) is 0 Å². The van der Waals surface area contributed by atoms with E-state index in [1.54, 1.807) is 23.1 Å². The van der Waals surface area contributed by atoms with Gasteiger partial charge in [-0.1, -0.05) is 35.9 Å². The molecule has 1 aromatic carbocycles. The quantitative estimate of drug-likeness (QED) is 0.585. The van der Waals surface area contributed by atoms with Gasteiger partial charge in [0.05, 0.1) is 0 Å². The van der Waals surface area contributed by atoms with E-state index in [2.05, 4.69) is 6.58 Å². The highest BCUT2D eigenvalue weighted by Gasteiger charge is 2.07. The molecule has 0 bridgehead atoms. The summed E-state index contributed by atoms with van der Waals surface area (Å²) in [6, 6.07) is 7.39. The molecule has 0 aliphatic rings. The molecule has 0 saturated heterocycles. The predicted octanol–water partition coefficient (Wildman–Crippen LogP) is 3.78. The van der Waals surface area contributed by atoms with E-state index < -0.39 is 0 Å². The van der Waals surface area contributed by atoms with Crippen LogP contribution in [0, 0.1) is 0 Å². The first-order valence-corrected chi connectivity index (χ1v) is 6.27. The van der Waals surface area contributed by atoms with Crippen LogP contribution in [-0.4, -0.2) is 23.9 Å². The molecule has 0 radical (unpaired) electrons. The lowest BCUT2D eigenvalue weighted by atomic mass is 10.2. The van der Waals surface area contributed by atoms with Gasteiger partial charge in [0, 0.05) is 24.2 Å². The summed E-state index contributed by atoms with van der Waals surface area (Å²) >= 11 is 5.88. The average Bonchev–Trinajstić information content (AvgIpc) is 2.33. The van der Waals surface area contributed by atoms with E-state index in [-0.39, 0.29) is 5.91 Å². The minimum Gasteiger partial charge on any atom is -0.335 e. The van der Waals surface area contributed by atoms with Gasteiger partial charge in [0.2, 0.25) is 5.91 Å². The standard InChI is InChI=1S/C15H18ClNO/c1-4-17(11-12(2)3)15(18)9-8-13-6-5-7-14(16)10-13/h5-10H,2,4,11H2,1,3H3/b9-8+. The van der Waals surface area contributed by atoms with Crippen molar-refractivity contribution in [3.05, 3.63) is 53.1 Å². The number of amides is 1. The third-order valence-corrected chi connectivity index (χ3v) is 2.66. The first-order valence-electron chi connectivity index (χ1n) is 5.90.